The lowest BCUT2D eigenvalue weighted by molar-refractivity contribution is -0.129. The Labute approximate surface area is 247 Å². The van der Waals surface area contributed by atoms with Gasteiger partial charge in [-0.1, -0.05) is 78.0 Å². The fourth-order valence-corrected chi connectivity index (χ4v) is 4.94. The molecule has 43 heavy (non-hydrogen) atoms. The van der Waals surface area contributed by atoms with Crippen molar-refractivity contribution in [3.8, 4) is 11.5 Å². The van der Waals surface area contributed by atoms with Gasteiger partial charge in [0, 0.05) is 10.8 Å². The Morgan fingerprint density at radius 3 is 1.49 bits per heavy atom. The number of oxime groups is 1. The molecule has 0 aliphatic heterocycles. The number of aliphatic carboxylic acids is 1. The first-order valence-electron chi connectivity index (χ1n) is 13.7. The number of aromatic nitrogens is 2. The molecule has 8 heteroatoms. The molecule has 0 aliphatic rings. The predicted molar refractivity (Wildman–Crippen MR) is 164 cm³/mol. The van der Waals surface area contributed by atoms with Crippen LogP contribution in [0.25, 0.3) is 21.8 Å². The Morgan fingerprint density at radius 1 is 0.628 bits per heavy atom. The first-order chi connectivity index (χ1) is 21.1. The summed E-state index contributed by atoms with van der Waals surface area (Å²) in [4.78, 5) is 21.3. The van der Waals surface area contributed by atoms with E-state index in [-0.39, 0.29) is 13.2 Å². The van der Waals surface area contributed by atoms with Gasteiger partial charge in [-0.05, 0) is 59.7 Å². The first-order valence-corrected chi connectivity index (χ1v) is 13.7. The number of hydrogen-bond donors (Lipinski definition) is 2. The average Bonchev–Trinajstić information content (AvgIpc) is 3.05. The SMILES string of the molecule is O=C(O)C(=NO)C(c1ccc(OCc2ccc3ccccc3n2)cc1)c1ccc(OCc2ccc3ccccc3n2)cc1. The molecule has 0 spiro atoms. The highest BCUT2D eigenvalue weighted by atomic mass is 16.5. The van der Waals surface area contributed by atoms with E-state index in [2.05, 4.69) is 15.1 Å². The number of benzene rings is 4. The van der Waals surface area contributed by atoms with E-state index in [1.165, 1.54) is 0 Å². The second-order valence-electron chi connectivity index (χ2n) is 9.93. The van der Waals surface area contributed by atoms with Gasteiger partial charge in [0.15, 0.2) is 5.71 Å². The fraction of sp³-hybridized carbons (Fsp3) is 0.0857. The number of ether oxygens (including phenoxy) is 2. The largest absolute Gasteiger partial charge is 0.487 e. The minimum Gasteiger partial charge on any atom is -0.487 e. The van der Waals surface area contributed by atoms with Gasteiger partial charge in [0.1, 0.15) is 24.7 Å². The summed E-state index contributed by atoms with van der Waals surface area (Å²) in [5.74, 6) is -0.949. The zero-order chi connectivity index (χ0) is 29.6. The van der Waals surface area contributed by atoms with Crippen molar-refractivity contribution < 1.29 is 24.6 Å². The number of nitrogens with zero attached hydrogens (tertiary/aromatic N) is 3. The zero-order valence-corrected chi connectivity index (χ0v) is 23.0. The van der Waals surface area contributed by atoms with Crippen molar-refractivity contribution in [3.63, 3.8) is 0 Å². The Hall–Kier alpha value is -5.76. The van der Waals surface area contributed by atoms with Gasteiger partial charge >= 0.3 is 5.97 Å². The lowest BCUT2D eigenvalue weighted by Crippen LogP contribution is -2.23. The van der Waals surface area contributed by atoms with Gasteiger partial charge in [-0.2, -0.15) is 0 Å². The van der Waals surface area contributed by atoms with Crippen LogP contribution in [0.3, 0.4) is 0 Å². The van der Waals surface area contributed by atoms with Crippen molar-refractivity contribution >= 4 is 33.5 Å². The summed E-state index contributed by atoms with van der Waals surface area (Å²) in [5, 5.41) is 24.6. The topological polar surface area (TPSA) is 114 Å². The van der Waals surface area contributed by atoms with E-state index in [9.17, 15) is 15.1 Å². The molecule has 2 aromatic heterocycles. The van der Waals surface area contributed by atoms with Crippen molar-refractivity contribution in [1.82, 2.24) is 9.97 Å². The van der Waals surface area contributed by atoms with Crippen molar-refractivity contribution in [1.29, 1.82) is 0 Å². The highest BCUT2D eigenvalue weighted by Gasteiger charge is 2.27. The standard InChI is InChI=1S/C35H27N3O5/c39-35(40)34(38-41)33(25-11-17-29(18-12-25)42-21-27-15-9-23-5-1-3-7-31(23)36-27)26-13-19-30(20-14-26)43-22-28-16-10-24-6-2-4-8-32(24)37-28/h1-20,33,41H,21-22H2,(H,39,40). The molecule has 2 heterocycles. The highest BCUT2D eigenvalue weighted by Crippen LogP contribution is 2.30. The first kappa shape index (κ1) is 27.4. The van der Waals surface area contributed by atoms with Crippen molar-refractivity contribution in [2.75, 3.05) is 0 Å². The van der Waals surface area contributed by atoms with Crippen LogP contribution < -0.4 is 9.47 Å². The van der Waals surface area contributed by atoms with E-state index in [1.807, 2.05) is 72.8 Å². The molecule has 8 nitrogen and oxygen atoms in total. The van der Waals surface area contributed by atoms with Crippen LogP contribution >= 0.6 is 0 Å². The summed E-state index contributed by atoms with van der Waals surface area (Å²) in [7, 11) is 0. The number of carboxylic acids is 1. The molecule has 0 aliphatic carbocycles. The lowest BCUT2D eigenvalue weighted by Gasteiger charge is -2.18. The van der Waals surface area contributed by atoms with Gasteiger partial charge in [0.05, 0.1) is 28.3 Å². The third-order valence-electron chi connectivity index (χ3n) is 7.11. The molecular weight excluding hydrogens is 542 g/mol. The fourth-order valence-electron chi connectivity index (χ4n) is 4.94. The summed E-state index contributed by atoms with van der Waals surface area (Å²) in [6.07, 6.45) is 0. The monoisotopic (exact) mass is 569 g/mol. The Kier molecular flexibility index (Phi) is 7.91. The number of carboxylic acid groups (broad SMARTS) is 1. The average molecular weight is 570 g/mol. The van der Waals surface area contributed by atoms with E-state index < -0.39 is 17.6 Å². The van der Waals surface area contributed by atoms with Crippen LogP contribution in [0, 0.1) is 0 Å². The molecule has 0 saturated heterocycles. The molecule has 4 aromatic carbocycles. The van der Waals surface area contributed by atoms with E-state index >= 15 is 0 Å². The minimum absolute atomic E-state index is 0.280. The summed E-state index contributed by atoms with van der Waals surface area (Å²) in [6.45, 7) is 0.560. The van der Waals surface area contributed by atoms with Gasteiger partial charge in [-0.15, -0.1) is 0 Å². The van der Waals surface area contributed by atoms with E-state index in [4.69, 9.17) is 9.47 Å². The molecule has 212 valence electrons. The van der Waals surface area contributed by atoms with E-state index in [1.54, 1.807) is 48.5 Å². The normalized spacial score (nSPS) is 11.6. The van der Waals surface area contributed by atoms with Crippen LogP contribution in [-0.2, 0) is 18.0 Å². The highest BCUT2D eigenvalue weighted by molar-refractivity contribution is 6.38. The molecule has 6 aromatic rings. The molecular formula is C35H27N3O5. The number of fused-ring (bicyclic) bond motifs is 2. The maximum absolute atomic E-state index is 12.0. The molecule has 0 radical (unpaired) electrons. The Morgan fingerprint density at radius 2 is 1.07 bits per heavy atom. The molecule has 0 unspecified atom stereocenters. The Bertz CT molecular complexity index is 1790. The van der Waals surface area contributed by atoms with Crippen LogP contribution in [0.2, 0.25) is 0 Å². The molecule has 0 bridgehead atoms. The van der Waals surface area contributed by atoms with Crippen molar-refractivity contribution in [2.24, 2.45) is 5.16 Å². The van der Waals surface area contributed by atoms with Crippen molar-refractivity contribution in [2.45, 2.75) is 19.1 Å². The van der Waals surface area contributed by atoms with Gasteiger partial charge in [-0.3, -0.25) is 0 Å². The number of hydrogen-bond acceptors (Lipinski definition) is 7. The van der Waals surface area contributed by atoms with Crippen LogP contribution in [0.15, 0.2) is 126 Å². The molecule has 6 rings (SSSR count). The maximum Gasteiger partial charge on any atom is 0.354 e. The summed E-state index contributed by atoms with van der Waals surface area (Å²) < 4.78 is 11.9. The third-order valence-corrected chi connectivity index (χ3v) is 7.11. The minimum atomic E-state index is -1.32. The quantitative estimate of drug-likeness (QED) is 0.104. The maximum atomic E-state index is 12.0. The van der Waals surface area contributed by atoms with E-state index in [0.717, 1.165) is 33.2 Å². The Balaban J connectivity index is 1.16. The lowest BCUT2D eigenvalue weighted by atomic mass is 9.87. The van der Waals surface area contributed by atoms with Crippen LogP contribution in [0.4, 0.5) is 0 Å². The summed E-state index contributed by atoms with van der Waals surface area (Å²) in [5.41, 5.74) is 4.23. The third kappa shape index (κ3) is 6.28. The number of para-hydroxylation sites is 2. The second-order valence-corrected chi connectivity index (χ2v) is 9.93. The number of pyridine rings is 2. The second kappa shape index (κ2) is 12.4. The molecule has 0 atom stereocenters. The van der Waals surface area contributed by atoms with Gasteiger partial charge in [0.2, 0.25) is 0 Å². The molecule has 0 saturated carbocycles. The summed E-state index contributed by atoms with van der Waals surface area (Å²) >= 11 is 0. The number of carbonyl (C=O) groups is 1. The van der Waals surface area contributed by atoms with Gasteiger partial charge < -0.3 is 19.8 Å². The van der Waals surface area contributed by atoms with Gasteiger partial charge in [0.25, 0.3) is 0 Å². The molecule has 0 amide bonds. The van der Waals surface area contributed by atoms with Crippen molar-refractivity contribution in [3.05, 3.63) is 144 Å². The molecule has 2 N–H and O–H groups in total. The summed E-state index contributed by atoms with van der Waals surface area (Å²) in [6, 6.07) is 37.7. The van der Waals surface area contributed by atoms with E-state index in [0.29, 0.717) is 22.6 Å². The predicted octanol–water partition coefficient (Wildman–Crippen LogP) is 6.99. The molecule has 0 fully saturated rings. The smallest absolute Gasteiger partial charge is 0.354 e. The number of rotatable bonds is 10. The van der Waals surface area contributed by atoms with Crippen LogP contribution in [-0.4, -0.2) is 32.0 Å². The van der Waals surface area contributed by atoms with Crippen LogP contribution in [0.1, 0.15) is 28.4 Å². The van der Waals surface area contributed by atoms with Crippen LogP contribution in [0.5, 0.6) is 11.5 Å². The van der Waals surface area contributed by atoms with Gasteiger partial charge in [-0.25, -0.2) is 14.8 Å². The zero-order valence-electron chi connectivity index (χ0n) is 23.0.